The first-order valence-corrected chi connectivity index (χ1v) is 8.41. The molecule has 124 valence electrons. The summed E-state index contributed by atoms with van der Waals surface area (Å²) in [5.74, 6) is 0.120. The van der Waals surface area contributed by atoms with E-state index in [0.717, 1.165) is 0 Å². The van der Waals surface area contributed by atoms with Crippen molar-refractivity contribution in [2.75, 3.05) is 30.8 Å². The van der Waals surface area contributed by atoms with Crippen molar-refractivity contribution in [3.05, 3.63) is 29.8 Å². The van der Waals surface area contributed by atoms with Crippen LogP contribution in [0.5, 0.6) is 0 Å². The SMILES string of the molecule is CC(C)c1ccc(NC(=O)COC(=O)CN2CCSC2=O)cc1. The monoisotopic (exact) mass is 336 g/mol. The molecule has 2 rings (SSSR count). The zero-order valence-electron chi connectivity index (χ0n) is 13.2. The molecule has 1 fully saturated rings. The van der Waals surface area contributed by atoms with E-state index in [-0.39, 0.29) is 18.4 Å². The molecule has 1 N–H and O–H groups in total. The number of carbonyl (C=O) groups is 3. The summed E-state index contributed by atoms with van der Waals surface area (Å²) in [4.78, 5) is 36.2. The van der Waals surface area contributed by atoms with Crippen LogP contribution in [-0.4, -0.2) is 47.5 Å². The minimum Gasteiger partial charge on any atom is -0.454 e. The van der Waals surface area contributed by atoms with E-state index in [1.807, 2.05) is 24.3 Å². The fourth-order valence-corrected chi connectivity index (χ4v) is 2.89. The largest absolute Gasteiger partial charge is 0.454 e. The molecule has 2 amide bonds. The topological polar surface area (TPSA) is 75.7 Å². The van der Waals surface area contributed by atoms with Crippen LogP contribution in [0.15, 0.2) is 24.3 Å². The Morgan fingerprint density at radius 1 is 1.30 bits per heavy atom. The van der Waals surface area contributed by atoms with Gasteiger partial charge in [0.2, 0.25) is 0 Å². The van der Waals surface area contributed by atoms with E-state index in [2.05, 4.69) is 19.2 Å². The van der Waals surface area contributed by atoms with E-state index in [9.17, 15) is 14.4 Å². The molecular formula is C16H20N2O4S. The van der Waals surface area contributed by atoms with Crippen LogP contribution >= 0.6 is 11.8 Å². The highest BCUT2D eigenvalue weighted by atomic mass is 32.2. The van der Waals surface area contributed by atoms with Gasteiger partial charge in [0.25, 0.3) is 11.1 Å². The van der Waals surface area contributed by atoms with Crippen molar-refractivity contribution >= 4 is 34.6 Å². The zero-order chi connectivity index (χ0) is 16.8. The third-order valence-electron chi connectivity index (χ3n) is 3.39. The minimum absolute atomic E-state index is 0.109. The van der Waals surface area contributed by atoms with E-state index >= 15 is 0 Å². The van der Waals surface area contributed by atoms with Crippen molar-refractivity contribution in [2.45, 2.75) is 19.8 Å². The Balaban J connectivity index is 1.74. The molecule has 0 atom stereocenters. The highest BCUT2D eigenvalue weighted by molar-refractivity contribution is 8.13. The number of hydrogen-bond acceptors (Lipinski definition) is 5. The number of nitrogens with zero attached hydrogens (tertiary/aromatic N) is 1. The van der Waals surface area contributed by atoms with Gasteiger partial charge in [0.15, 0.2) is 6.61 Å². The molecule has 0 spiro atoms. The van der Waals surface area contributed by atoms with Crippen LogP contribution in [0.25, 0.3) is 0 Å². The van der Waals surface area contributed by atoms with Crippen molar-refractivity contribution in [3.63, 3.8) is 0 Å². The third kappa shape index (κ3) is 5.28. The van der Waals surface area contributed by atoms with E-state index in [1.165, 1.54) is 22.2 Å². The molecule has 1 saturated heterocycles. The normalized spacial score (nSPS) is 14.2. The smallest absolute Gasteiger partial charge is 0.326 e. The van der Waals surface area contributed by atoms with Crippen LogP contribution in [0.2, 0.25) is 0 Å². The van der Waals surface area contributed by atoms with E-state index in [4.69, 9.17) is 4.74 Å². The van der Waals surface area contributed by atoms with Gasteiger partial charge in [0.05, 0.1) is 0 Å². The number of esters is 1. The van der Waals surface area contributed by atoms with Gasteiger partial charge in [-0.25, -0.2) is 0 Å². The summed E-state index contributed by atoms with van der Waals surface area (Å²) < 4.78 is 4.89. The zero-order valence-corrected chi connectivity index (χ0v) is 14.0. The Morgan fingerprint density at radius 3 is 2.57 bits per heavy atom. The first-order chi connectivity index (χ1) is 11.0. The van der Waals surface area contributed by atoms with E-state index in [1.54, 1.807) is 0 Å². The summed E-state index contributed by atoms with van der Waals surface area (Å²) in [5.41, 5.74) is 1.84. The first kappa shape index (κ1) is 17.3. The summed E-state index contributed by atoms with van der Waals surface area (Å²) in [6.45, 7) is 4.25. The third-order valence-corrected chi connectivity index (χ3v) is 4.28. The van der Waals surface area contributed by atoms with Crippen molar-refractivity contribution in [1.82, 2.24) is 4.90 Å². The Kier molecular flexibility index (Phi) is 6.04. The Hall–Kier alpha value is -2.02. The molecule has 7 heteroatoms. The van der Waals surface area contributed by atoms with E-state index in [0.29, 0.717) is 23.9 Å². The molecule has 1 aromatic carbocycles. The number of rotatable bonds is 6. The fourth-order valence-electron chi connectivity index (χ4n) is 2.07. The van der Waals surface area contributed by atoms with Crippen LogP contribution in [0, 0.1) is 0 Å². The summed E-state index contributed by atoms with van der Waals surface area (Å²) in [5, 5.41) is 2.54. The highest BCUT2D eigenvalue weighted by Crippen LogP contribution is 2.17. The molecule has 0 aromatic heterocycles. The number of anilines is 1. The average Bonchev–Trinajstić information content (AvgIpc) is 2.91. The van der Waals surface area contributed by atoms with Crippen LogP contribution in [0.3, 0.4) is 0 Å². The van der Waals surface area contributed by atoms with Gasteiger partial charge in [-0.15, -0.1) is 0 Å². The average molecular weight is 336 g/mol. The van der Waals surface area contributed by atoms with Gasteiger partial charge >= 0.3 is 5.97 Å². The molecule has 1 aromatic rings. The standard InChI is InChI=1S/C16H20N2O4S/c1-11(2)12-3-5-13(6-4-12)17-14(19)10-22-15(20)9-18-7-8-23-16(18)21/h3-6,11H,7-10H2,1-2H3,(H,17,19). The number of carbonyl (C=O) groups excluding carboxylic acids is 3. The number of hydrogen-bond donors (Lipinski definition) is 1. The van der Waals surface area contributed by atoms with Gasteiger partial charge in [-0.2, -0.15) is 0 Å². The predicted molar refractivity (Wildman–Crippen MR) is 89.5 cm³/mol. The molecule has 1 aliphatic rings. The number of benzene rings is 1. The molecule has 0 bridgehead atoms. The van der Waals surface area contributed by atoms with Crippen molar-refractivity contribution in [2.24, 2.45) is 0 Å². The van der Waals surface area contributed by atoms with Crippen LogP contribution in [-0.2, 0) is 14.3 Å². The van der Waals surface area contributed by atoms with Crippen molar-refractivity contribution in [1.29, 1.82) is 0 Å². The van der Waals surface area contributed by atoms with Crippen molar-refractivity contribution in [3.8, 4) is 0 Å². The number of amides is 2. The summed E-state index contributed by atoms with van der Waals surface area (Å²) in [7, 11) is 0. The number of nitrogens with one attached hydrogen (secondary N) is 1. The maximum absolute atomic E-state index is 11.8. The first-order valence-electron chi connectivity index (χ1n) is 7.43. The summed E-state index contributed by atoms with van der Waals surface area (Å²) in [6.07, 6.45) is 0. The molecule has 0 unspecified atom stereocenters. The predicted octanol–water partition coefficient (Wildman–Crippen LogP) is 2.46. The molecule has 1 aliphatic heterocycles. The molecule has 0 aliphatic carbocycles. The number of ether oxygens (including phenoxy) is 1. The Labute approximate surface area is 139 Å². The quantitative estimate of drug-likeness (QED) is 0.808. The lowest BCUT2D eigenvalue weighted by Gasteiger charge is -2.13. The second-order valence-corrected chi connectivity index (χ2v) is 6.57. The lowest BCUT2D eigenvalue weighted by molar-refractivity contribution is -0.147. The number of thioether (sulfide) groups is 1. The molecular weight excluding hydrogens is 316 g/mol. The van der Waals surface area contributed by atoms with Crippen LogP contribution < -0.4 is 5.32 Å². The van der Waals surface area contributed by atoms with Crippen molar-refractivity contribution < 1.29 is 19.1 Å². The van der Waals surface area contributed by atoms with Gasteiger partial charge < -0.3 is 15.0 Å². The molecule has 1 heterocycles. The van der Waals surface area contributed by atoms with Gasteiger partial charge in [-0.05, 0) is 23.6 Å². The molecule has 0 saturated carbocycles. The lowest BCUT2D eigenvalue weighted by Crippen LogP contribution is -2.32. The maximum atomic E-state index is 11.8. The van der Waals surface area contributed by atoms with Gasteiger partial charge in [0, 0.05) is 18.0 Å². The van der Waals surface area contributed by atoms with Gasteiger partial charge in [-0.3, -0.25) is 14.4 Å². The van der Waals surface area contributed by atoms with E-state index < -0.39 is 11.9 Å². The Bertz CT molecular complexity index is 586. The maximum Gasteiger partial charge on any atom is 0.326 e. The second kappa shape index (κ2) is 8.01. The molecule has 23 heavy (non-hydrogen) atoms. The second-order valence-electron chi connectivity index (χ2n) is 5.52. The summed E-state index contributed by atoms with van der Waals surface area (Å²) >= 11 is 1.18. The van der Waals surface area contributed by atoms with Crippen LogP contribution in [0.1, 0.15) is 25.3 Å². The highest BCUT2D eigenvalue weighted by Gasteiger charge is 2.24. The molecule has 0 radical (unpaired) electrons. The van der Waals surface area contributed by atoms with Gasteiger partial charge in [0.1, 0.15) is 6.54 Å². The van der Waals surface area contributed by atoms with Crippen LogP contribution in [0.4, 0.5) is 10.5 Å². The minimum atomic E-state index is -0.578. The fraction of sp³-hybridized carbons (Fsp3) is 0.438. The summed E-state index contributed by atoms with van der Waals surface area (Å²) in [6, 6.07) is 7.52. The Morgan fingerprint density at radius 2 is 2.00 bits per heavy atom. The molecule has 6 nitrogen and oxygen atoms in total. The lowest BCUT2D eigenvalue weighted by atomic mass is 10.0. The van der Waals surface area contributed by atoms with Gasteiger partial charge in [-0.1, -0.05) is 37.7 Å².